The van der Waals surface area contributed by atoms with Gasteiger partial charge in [-0.3, -0.25) is 9.59 Å². The van der Waals surface area contributed by atoms with Gasteiger partial charge in [0.1, 0.15) is 5.41 Å². The van der Waals surface area contributed by atoms with Crippen molar-refractivity contribution < 1.29 is 14.7 Å². The molecule has 0 saturated carbocycles. The fraction of sp³-hybridized carbons (Fsp3) is 0.125. The zero-order valence-corrected chi connectivity index (χ0v) is 10.7. The first-order chi connectivity index (χ1) is 9.57. The summed E-state index contributed by atoms with van der Waals surface area (Å²) in [6.45, 7) is 0. The van der Waals surface area contributed by atoms with Gasteiger partial charge in [-0.05, 0) is 22.3 Å². The van der Waals surface area contributed by atoms with Crippen molar-refractivity contribution in [2.24, 2.45) is 5.73 Å². The molecule has 0 saturated heterocycles. The summed E-state index contributed by atoms with van der Waals surface area (Å²) < 4.78 is 0. The molecule has 1 aliphatic rings. The van der Waals surface area contributed by atoms with E-state index < -0.39 is 17.3 Å². The van der Waals surface area contributed by atoms with Crippen LogP contribution < -0.4 is 5.73 Å². The largest absolute Gasteiger partial charge is 0.480 e. The highest BCUT2D eigenvalue weighted by Gasteiger charge is 2.50. The molecule has 1 aliphatic carbocycles. The van der Waals surface area contributed by atoms with Crippen LogP contribution in [-0.2, 0) is 15.0 Å². The molecule has 2 aromatic rings. The van der Waals surface area contributed by atoms with Gasteiger partial charge in [-0.2, -0.15) is 0 Å². The summed E-state index contributed by atoms with van der Waals surface area (Å²) in [4.78, 5) is 23.4. The molecular formula is C16H13NO3. The molecule has 0 atom stereocenters. The highest BCUT2D eigenvalue weighted by molar-refractivity contribution is 6.00. The van der Waals surface area contributed by atoms with Crippen LogP contribution in [0, 0.1) is 0 Å². The predicted octanol–water partition coefficient (Wildman–Crippen LogP) is 1.91. The molecular weight excluding hydrogens is 254 g/mol. The van der Waals surface area contributed by atoms with Gasteiger partial charge in [-0.15, -0.1) is 0 Å². The SMILES string of the molecule is NC(=O)CC1(C(=O)O)c2ccccc2-c2ccccc21. The minimum atomic E-state index is -1.38. The highest BCUT2D eigenvalue weighted by Crippen LogP contribution is 2.50. The number of benzene rings is 2. The highest BCUT2D eigenvalue weighted by atomic mass is 16.4. The third kappa shape index (κ3) is 1.48. The molecule has 0 aromatic heterocycles. The molecule has 1 amide bonds. The molecule has 2 aromatic carbocycles. The summed E-state index contributed by atoms with van der Waals surface area (Å²) >= 11 is 0. The Bertz CT molecular complexity index is 676. The second-order valence-corrected chi connectivity index (χ2v) is 4.94. The van der Waals surface area contributed by atoms with Crippen LogP contribution in [0.1, 0.15) is 17.5 Å². The van der Waals surface area contributed by atoms with Gasteiger partial charge in [0.2, 0.25) is 5.91 Å². The number of hydrogen-bond donors (Lipinski definition) is 2. The van der Waals surface area contributed by atoms with E-state index in [4.69, 9.17) is 5.73 Å². The molecule has 4 nitrogen and oxygen atoms in total. The molecule has 20 heavy (non-hydrogen) atoms. The van der Waals surface area contributed by atoms with Crippen LogP contribution in [0.25, 0.3) is 11.1 Å². The van der Waals surface area contributed by atoms with Crippen molar-refractivity contribution in [3.8, 4) is 11.1 Å². The summed E-state index contributed by atoms with van der Waals surface area (Å²) in [6, 6.07) is 14.5. The number of rotatable bonds is 3. The fourth-order valence-electron chi connectivity index (χ4n) is 3.08. The Hall–Kier alpha value is -2.62. The molecule has 0 heterocycles. The smallest absolute Gasteiger partial charge is 0.319 e. The van der Waals surface area contributed by atoms with Crippen molar-refractivity contribution in [1.29, 1.82) is 0 Å². The monoisotopic (exact) mass is 267 g/mol. The third-order valence-corrected chi connectivity index (χ3v) is 3.87. The van der Waals surface area contributed by atoms with Gasteiger partial charge >= 0.3 is 5.97 Å². The van der Waals surface area contributed by atoms with Gasteiger partial charge in [0.15, 0.2) is 0 Å². The number of carboxylic acid groups (broad SMARTS) is 1. The zero-order chi connectivity index (χ0) is 14.3. The molecule has 0 bridgehead atoms. The van der Waals surface area contributed by atoms with E-state index in [9.17, 15) is 14.7 Å². The van der Waals surface area contributed by atoms with E-state index in [-0.39, 0.29) is 6.42 Å². The standard InChI is InChI=1S/C16H13NO3/c17-14(18)9-16(15(19)20)12-7-3-1-5-10(12)11-6-2-4-8-13(11)16/h1-8H,9H2,(H2,17,18)(H,19,20). The maximum Gasteiger partial charge on any atom is 0.319 e. The van der Waals surface area contributed by atoms with Crippen LogP contribution in [0.5, 0.6) is 0 Å². The normalized spacial score (nSPS) is 14.4. The summed E-state index contributed by atoms with van der Waals surface area (Å²) in [5.74, 6) is -1.67. The van der Waals surface area contributed by atoms with E-state index in [1.54, 1.807) is 24.3 Å². The minimum Gasteiger partial charge on any atom is -0.480 e. The molecule has 0 radical (unpaired) electrons. The molecule has 0 fully saturated rings. The molecule has 0 aliphatic heterocycles. The summed E-state index contributed by atoms with van der Waals surface area (Å²) in [6.07, 6.45) is -0.240. The van der Waals surface area contributed by atoms with Gasteiger partial charge in [-0.25, -0.2) is 0 Å². The van der Waals surface area contributed by atoms with E-state index >= 15 is 0 Å². The molecule has 0 spiro atoms. The van der Waals surface area contributed by atoms with Crippen LogP contribution in [-0.4, -0.2) is 17.0 Å². The molecule has 100 valence electrons. The van der Waals surface area contributed by atoms with Crippen LogP contribution in [0.3, 0.4) is 0 Å². The fourth-order valence-corrected chi connectivity index (χ4v) is 3.08. The van der Waals surface area contributed by atoms with Crippen LogP contribution >= 0.6 is 0 Å². The van der Waals surface area contributed by atoms with Crippen molar-refractivity contribution in [2.75, 3.05) is 0 Å². The quantitative estimate of drug-likeness (QED) is 0.891. The molecule has 4 heteroatoms. The first-order valence-corrected chi connectivity index (χ1v) is 6.28. The van der Waals surface area contributed by atoms with Crippen molar-refractivity contribution in [3.63, 3.8) is 0 Å². The Morgan fingerprint density at radius 3 is 1.80 bits per heavy atom. The summed E-state index contributed by atoms with van der Waals surface area (Å²) in [5, 5.41) is 9.80. The minimum absolute atomic E-state index is 0.240. The first-order valence-electron chi connectivity index (χ1n) is 6.28. The van der Waals surface area contributed by atoms with Crippen LogP contribution in [0.4, 0.5) is 0 Å². The zero-order valence-electron chi connectivity index (χ0n) is 10.7. The number of carbonyl (C=O) groups excluding carboxylic acids is 1. The lowest BCUT2D eigenvalue weighted by Crippen LogP contribution is -2.39. The van der Waals surface area contributed by atoms with E-state index in [2.05, 4.69) is 0 Å². The topological polar surface area (TPSA) is 80.4 Å². The Labute approximate surface area is 115 Å². The number of hydrogen-bond acceptors (Lipinski definition) is 2. The van der Waals surface area contributed by atoms with Gasteiger partial charge in [0.05, 0.1) is 6.42 Å². The summed E-state index contributed by atoms with van der Waals surface area (Å²) in [5.41, 5.74) is 6.90. The average Bonchev–Trinajstić information content (AvgIpc) is 2.71. The predicted molar refractivity (Wildman–Crippen MR) is 74.1 cm³/mol. The van der Waals surface area contributed by atoms with Crippen LogP contribution in [0.15, 0.2) is 48.5 Å². The van der Waals surface area contributed by atoms with Gasteiger partial charge in [0, 0.05) is 0 Å². The molecule has 3 N–H and O–H groups in total. The lowest BCUT2D eigenvalue weighted by atomic mass is 9.75. The number of nitrogens with two attached hydrogens (primary N) is 1. The maximum absolute atomic E-state index is 12.0. The second kappa shape index (κ2) is 4.20. The summed E-state index contributed by atoms with van der Waals surface area (Å²) in [7, 11) is 0. The number of fused-ring (bicyclic) bond motifs is 3. The van der Waals surface area contributed by atoms with E-state index in [0.717, 1.165) is 11.1 Å². The Morgan fingerprint density at radius 2 is 1.40 bits per heavy atom. The number of carbonyl (C=O) groups is 2. The molecule has 3 rings (SSSR count). The van der Waals surface area contributed by atoms with E-state index in [1.807, 2.05) is 24.3 Å². The van der Waals surface area contributed by atoms with Crippen molar-refractivity contribution in [3.05, 3.63) is 59.7 Å². The Balaban J connectivity index is 2.39. The van der Waals surface area contributed by atoms with Crippen molar-refractivity contribution in [1.82, 2.24) is 0 Å². The Morgan fingerprint density at radius 1 is 0.950 bits per heavy atom. The van der Waals surface area contributed by atoms with Crippen molar-refractivity contribution >= 4 is 11.9 Å². The molecule has 0 unspecified atom stereocenters. The van der Waals surface area contributed by atoms with Gasteiger partial charge in [-0.1, -0.05) is 48.5 Å². The second-order valence-electron chi connectivity index (χ2n) is 4.94. The first kappa shape index (κ1) is 12.4. The van der Waals surface area contributed by atoms with Gasteiger partial charge < -0.3 is 10.8 Å². The van der Waals surface area contributed by atoms with E-state index in [0.29, 0.717) is 11.1 Å². The maximum atomic E-state index is 12.0. The lowest BCUT2D eigenvalue weighted by molar-refractivity contribution is -0.144. The average molecular weight is 267 g/mol. The van der Waals surface area contributed by atoms with E-state index in [1.165, 1.54) is 0 Å². The third-order valence-electron chi connectivity index (χ3n) is 3.87. The lowest BCUT2D eigenvalue weighted by Gasteiger charge is -2.25. The number of amides is 1. The van der Waals surface area contributed by atoms with Gasteiger partial charge in [0.25, 0.3) is 0 Å². The number of aliphatic carboxylic acids is 1. The number of carboxylic acids is 1. The van der Waals surface area contributed by atoms with Crippen molar-refractivity contribution in [2.45, 2.75) is 11.8 Å². The Kier molecular flexibility index (Phi) is 2.61. The number of primary amides is 1. The van der Waals surface area contributed by atoms with Crippen LogP contribution in [0.2, 0.25) is 0 Å².